The van der Waals surface area contributed by atoms with Crippen LogP contribution in [0.3, 0.4) is 0 Å². The highest BCUT2D eigenvalue weighted by atomic mass is 16.5. The minimum atomic E-state index is -0.631. The minimum absolute atomic E-state index is 0.107. The number of carbonyl (C=O) groups excluding carboxylic acids is 1. The predicted molar refractivity (Wildman–Crippen MR) is 96.6 cm³/mol. The number of esters is 1. The SMILES string of the molecule is CC.COC(=O)C(C)(CCCC(C)(C)CO)c1ccc(C)cc1. The molecule has 1 unspecified atom stereocenters. The van der Waals surface area contributed by atoms with Crippen LogP contribution < -0.4 is 0 Å². The van der Waals surface area contributed by atoms with Crippen LogP contribution in [-0.4, -0.2) is 24.8 Å². The molecular weight excluding hydrogens is 288 g/mol. The molecule has 0 saturated heterocycles. The summed E-state index contributed by atoms with van der Waals surface area (Å²) in [4.78, 5) is 12.3. The third kappa shape index (κ3) is 6.34. The van der Waals surface area contributed by atoms with E-state index in [1.54, 1.807) is 0 Å². The highest BCUT2D eigenvalue weighted by Crippen LogP contribution is 2.33. The molecular formula is C20H34O3. The molecule has 3 heteroatoms. The number of carbonyl (C=O) groups is 1. The lowest BCUT2D eigenvalue weighted by molar-refractivity contribution is -0.147. The Kier molecular flexibility index (Phi) is 9.14. The third-order valence-electron chi connectivity index (χ3n) is 4.28. The third-order valence-corrected chi connectivity index (χ3v) is 4.28. The fourth-order valence-corrected chi connectivity index (χ4v) is 2.51. The first kappa shape index (κ1) is 21.6. The number of aliphatic hydroxyl groups excluding tert-OH is 1. The molecule has 0 aliphatic carbocycles. The standard InChI is InChI=1S/C18H28O3.C2H6/c1-14-7-9-15(10-8-14)18(4,16(20)21-5)12-6-11-17(2,3)13-19;1-2/h7-10,19H,6,11-13H2,1-5H3;1-2H3. The van der Waals surface area contributed by atoms with Gasteiger partial charge in [-0.15, -0.1) is 0 Å². The maximum Gasteiger partial charge on any atom is 0.315 e. The molecule has 23 heavy (non-hydrogen) atoms. The van der Waals surface area contributed by atoms with Crippen LogP contribution >= 0.6 is 0 Å². The van der Waals surface area contributed by atoms with E-state index in [0.29, 0.717) is 6.42 Å². The van der Waals surface area contributed by atoms with Crippen LogP contribution in [0.25, 0.3) is 0 Å². The summed E-state index contributed by atoms with van der Waals surface area (Å²) in [6, 6.07) is 8.05. The topological polar surface area (TPSA) is 46.5 Å². The summed E-state index contributed by atoms with van der Waals surface area (Å²) < 4.78 is 5.02. The minimum Gasteiger partial charge on any atom is -0.468 e. The molecule has 0 radical (unpaired) electrons. The fourth-order valence-electron chi connectivity index (χ4n) is 2.51. The quantitative estimate of drug-likeness (QED) is 0.744. The summed E-state index contributed by atoms with van der Waals surface area (Å²) in [5.74, 6) is -0.201. The average Bonchev–Trinajstić information content (AvgIpc) is 2.56. The van der Waals surface area contributed by atoms with Crippen molar-refractivity contribution in [3.63, 3.8) is 0 Å². The van der Waals surface area contributed by atoms with Crippen molar-refractivity contribution < 1.29 is 14.6 Å². The van der Waals surface area contributed by atoms with Crippen molar-refractivity contribution in [3.8, 4) is 0 Å². The van der Waals surface area contributed by atoms with Gasteiger partial charge in [-0.1, -0.05) is 63.9 Å². The fraction of sp³-hybridized carbons (Fsp3) is 0.650. The first-order valence-electron chi connectivity index (χ1n) is 8.51. The normalized spacial score (nSPS) is 13.6. The number of benzene rings is 1. The van der Waals surface area contributed by atoms with Crippen molar-refractivity contribution in [2.24, 2.45) is 5.41 Å². The molecule has 0 amide bonds. The number of hydrogen-bond donors (Lipinski definition) is 1. The number of ether oxygens (including phenoxy) is 1. The molecule has 1 N–H and O–H groups in total. The van der Waals surface area contributed by atoms with E-state index in [2.05, 4.69) is 0 Å². The lowest BCUT2D eigenvalue weighted by atomic mass is 9.76. The second-order valence-corrected chi connectivity index (χ2v) is 6.87. The van der Waals surface area contributed by atoms with Crippen LogP contribution in [0.5, 0.6) is 0 Å². The molecule has 132 valence electrons. The maximum atomic E-state index is 12.3. The van der Waals surface area contributed by atoms with Crippen molar-refractivity contribution in [2.45, 2.75) is 66.2 Å². The van der Waals surface area contributed by atoms with E-state index in [9.17, 15) is 9.90 Å². The summed E-state index contributed by atoms with van der Waals surface area (Å²) in [5, 5.41) is 9.33. The summed E-state index contributed by atoms with van der Waals surface area (Å²) in [6.07, 6.45) is 2.46. The maximum absolute atomic E-state index is 12.3. The van der Waals surface area contributed by atoms with Crippen LogP contribution in [0.4, 0.5) is 0 Å². The van der Waals surface area contributed by atoms with Crippen molar-refractivity contribution in [1.29, 1.82) is 0 Å². The molecule has 1 atom stereocenters. The summed E-state index contributed by atoms with van der Waals surface area (Å²) in [6.45, 7) is 12.2. The smallest absolute Gasteiger partial charge is 0.315 e. The van der Waals surface area contributed by atoms with Gasteiger partial charge in [-0.3, -0.25) is 4.79 Å². The van der Waals surface area contributed by atoms with E-state index < -0.39 is 5.41 Å². The first-order chi connectivity index (χ1) is 10.7. The van der Waals surface area contributed by atoms with Gasteiger partial charge in [0.1, 0.15) is 0 Å². The average molecular weight is 322 g/mol. The molecule has 1 aromatic carbocycles. The van der Waals surface area contributed by atoms with Gasteiger partial charge in [0.25, 0.3) is 0 Å². The van der Waals surface area contributed by atoms with Gasteiger partial charge in [0.2, 0.25) is 0 Å². The van der Waals surface area contributed by atoms with Crippen LogP contribution in [0, 0.1) is 12.3 Å². The highest BCUT2D eigenvalue weighted by molar-refractivity contribution is 5.82. The zero-order chi connectivity index (χ0) is 18.1. The number of hydrogen-bond acceptors (Lipinski definition) is 3. The molecule has 0 bridgehead atoms. The molecule has 1 aromatic rings. The van der Waals surface area contributed by atoms with E-state index >= 15 is 0 Å². The number of aryl methyl sites for hydroxylation is 1. The molecule has 0 heterocycles. The summed E-state index contributed by atoms with van der Waals surface area (Å²) in [5.41, 5.74) is 1.42. The van der Waals surface area contributed by atoms with Gasteiger partial charge in [-0.25, -0.2) is 0 Å². The lowest BCUT2D eigenvalue weighted by Gasteiger charge is -2.29. The summed E-state index contributed by atoms with van der Waals surface area (Å²) >= 11 is 0. The van der Waals surface area contributed by atoms with E-state index in [1.807, 2.05) is 65.8 Å². The molecule has 0 fully saturated rings. The van der Waals surface area contributed by atoms with Crippen LogP contribution in [0.15, 0.2) is 24.3 Å². The lowest BCUT2D eigenvalue weighted by Crippen LogP contribution is -2.34. The van der Waals surface area contributed by atoms with Gasteiger partial charge < -0.3 is 9.84 Å². The Labute approximate surface area is 142 Å². The second-order valence-electron chi connectivity index (χ2n) is 6.87. The Morgan fingerprint density at radius 2 is 1.61 bits per heavy atom. The van der Waals surface area contributed by atoms with E-state index in [4.69, 9.17) is 4.74 Å². The van der Waals surface area contributed by atoms with Gasteiger partial charge in [0.05, 0.1) is 12.5 Å². The van der Waals surface area contributed by atoms with Crippen molar-refractivity contribution in [2.75, 3.05) is 13.7 Å². The van der Waals surface area contributed by atoms with Crippen LogP contribution in [0.1, 0.15) is 65.0 Å². The van der Waals surface area contributed by atoms with E-state index in [-0.39, 0.29) is 18.0 Å². The molecule has 0 saturated carbocycles. The zero-order valence-electron chi connectivity index (χ0n) is 15.9. The molecule has 3 nitrogen and oxygen atoms in total. The van der Waals surface area contributed by atoms with Gasteiger partial charge in [0.15, 0.2) is 0 Å². The predicted octanol–water partition coefficient (Wildman–Crippen LogP) is 4.64. The van der Waals surface area contributed by atoms with Gasteiger partial charge in [0, 0.05) is 6.61 Å². The highest BCUT2D eigenvalue weighted by Gasteiger charge is 2.36. The molecule has 0 aliphatic rings. The van der Waals surface area contributed by atoms with Crippen LogP contribution in [-0.2, 0) is 14.9 Å². The van der Waals surface area contributed by atoms with E-state index in [0.717, 1.165) is 18.4 Å². The number of aliphatic hydroxyl groups is 1. The van der Waals surface area contributed by atoms with Gasteiger partial charge in [-0.05, 0) is 37.7 Å². The molecule has 0 aromatic heterocycles. The Bertz CT molecular complexity index is 462. The van der Waals surface area contributed by atoms with Crippen molar-refractivity contribution in [3.05, 3.63) is 35.4 Å². The Hall–Kier alpha value is -1.35. The monoisotopic (exact) mass is 322 g/mol. The van der Waals surface area contributed by atoms with Gasteiger partial charge >= 0.3 is 5.97 Å². The number of rotatable bonds is 7. The Morgan fingerprint density at radius 3 is 2.04 bits per heavy atom. The second kappa shape index (κ2) is 9.71. The van der Waals surface area contributed by atoms with E-state index in [1.165, 1.54) is 12.7 Å². The molecule has 1 rings (SSSR count). The summed E-state index contributed by atoms with van der Waals surface area (Å²) in [7, 11) is 1.44. The Balaban J connectivity index is 0.00000232. The zero-order valence-corrected chi connectivity index (χ0v) is 15.9. The molecule has 0 spiro atoms. The van der Waals surface area contributed by atoms with Gasteiger partial charge in [-0.2, -0.15) is 0 Å². The molecule has 0 aliphatic heterocycles. The number of methoxy groups -OCH3 is 1. The first-order valence-corrected chi connectivity index (χ1v) is 8.51. The largest absolute Gasteiger partial charge is 0.468 e. The van der Waals surface area contributed by atoms with Crippen molar-refractivity contribution >= 4 is 5.97 Å². The van der Waals surface area contributed by atoms with Crippen molar-refractivity contribution in [1.82, 2.24) is 0 Å². The Morgan fingerprint density at radius 1 is 1.09 bits per heavy atom. The van der Waals surface area contributed by atoms with Crippen LogP contribution in [0.2, 0.25) is 0 Å².